The largest absolute Gasteiger partial charge is 0.346 e. The molecule has 0 fully saturated rings. The van der Waals surface area contributed by atoms with Crippen molar-refractivity contribution in [2.45, 2.75) is 18.9 Å². The lowest BCUT2D eigenvalue weighted by Gasteiger charge is -2.35. The van der Waals surface area contributed by atoms with Crippen LogP contribution in [0.5, 0.6) is 0 Å². The zero-order valence-corrected chi connectivity index (χ0v) is 28.4. The van der Waals surface area contributed by atoms with Gasteiger partial charge in [-0.05, 0) is 68.8 Å². The molecule has 1 atom stereocenters. The van der Waals surface area contributed by atoms with Gasteiger partial charge in [0.15, 0.2) is 0 Å². The highest BCUT2D eigenvalue weighted by Gasteiger charge is 2.34. The van der Waals surface area contributed by atoms with Gasteiger partial charge in [-0.2, -0.15) is 0 Å². The number of nitrogens with zero attached hydrogens (tertiary/aromatic N) is 1. The van der Waals surface area contributed by atoms with Crippen molar-refractivity contribution in [3.63, 3.8) is 0 Å². The van der Waals surface area contributed by atoms with Crippen molar-refractivity contribution >= 4 is 58.2 Å². The molecule has 0 saturated heterocycles. The summed E-state index contributed by atoms with van der Waals surface area (Å²) in [6.07, 6.45) is 16.5. The highest BCUT2D eigenvalue weighted by molar-refractivity contribution is 7.89. The monoisotopic (exact) mass is 666 g/mol. The minimum absolute atomic E-state index is 0.361. The van der Waals surface area contributed by atoms with E-state index in [-0.39, 0.29) is 5.54 Å². The second-order valence-corrected chi connectivity index (χ2v) is 16.5. The molecule has 0 amide bonds. The van der Waals surface area contributed by atoms with Gasteiger partial charge in [0.1, 0.15) is 5.20 Å². The van der Waals surface area contributed by atoms with E-state index in [4.69, 9.17) is 23.2 Å². The van der Waals surface area contributed by atoms with Crippen LogP contribution in [0, 0.1) is 5.20 Å². The Kier molecular flexibility index (Phi) is 7.61. The molecule has 1 N–H and O–H groups in total. The van der Waals surface area contributed by atoms with Crippen molar-refractivity contribution in [1.29, 1.82) is 0 Å². The molecule has 0 bridgehead atoms. The van der Waals surface area contributed by atoms with Crippen LogP contribution >= 0.6 is 30.1 Å². The quantitative estimate of drug-likeness (QED) is 0.178. The van der Waals surface area contributed by atoms with E-state index in [1.165, 1.54) is 43.3 Å². The molecule has 230 valence electrons. The molecule has 1 aromatic heterocycles. The standard InChI is InChI=1S/C42H33Cl2N2P/c1-42(24-12-13-30(29-42)27-31-15-10-21-36-35-20-9-8-14-32(35)28-37(31)36)46-26-25-45-41(46)47(33-16-4-2-5-17-33,34-18-6-3-7-19-34)39-23-11-22-38(43)40(39)44/h2-28,45H,29H2,1H3. The average Bonchev–Trinajstić information content (AvgIpc) is 3.75. The number of fused-ring (bicyclic) bond motifs is 3. The minimum Gasteiger partial charge on any atom is -0.346 e. The number of hydrogen-bond acceptors (Lipinski definition) is 0. The number of halogens is 2. The number of nitrogens with one attached hydrogen (secondary N) is 1. The van der Waals surface area contributed by atoms with Gasteiger partial charge in [-0.25, -0.2) is 0 Å². The van der Waals surface area contributed by atoms with Crippen LogP contribution in [0.25, 0.3) is 23.3 Å². The average molecular weight is 668 g/mol. The third-order valence-electron chi connectivity index (χ3n) is 9.47. The van der Waals surface area contributed by atoms with Gasteiger partial charge >= 0.3 is 0 Å². The minimum atomic E-state index is -2.58. The van der Waals surface area contributed by atoms with Crippen LogP contribution < -0.4 is 26.4 Å². The fourth-order valence-electron chi connectivity index (χ4n) is 7.34. The highest BCUT2D eigenvalue weighted by Crippen LogP contribution is 2.51. The van der Waals surface area contributed by atoms with Gasteiger partial charge in [0.2, 0.25) is 0 Å². The molecular formula is C42H33Cl2N2P. The SMILES string of the molecule is CC1(n2cc[nH]c2=P(c2ccccc2)(c2ccccc2)c2cccc(Cl)c2Cl)C=CC=C(C=c2cccc3c2=Cc2ccccc2-3)C1. The summed E-state index contributed by atoms with van der Waals surface area (Å²) >= 11 is 14.0. The first kappa shape index (κ1) is 29.9. The van der Waals surface area contributed by atoms with Crippen LogP contribution in [0.2, 0.25) is 10.0 Å². The van der Waals surface area contributed by atoms with Crippen molar-refractivity contribution in [1.82, 2.24) is 9.55 Å². The molecule has 5 aromatic carbocycles. The Bertz CT molecular complexity index is 2390. The predicted molar refractivity (Wildman–Crippen MR) is 202 cm³/mol. The Hall–Kier alpha value is -4.46. The zero-order chi connectivity index (χ0) is 32.0. The molecule has 5 heteroatoms. The fourth-order valence-corrected chi connectivity index (χ4v) is 12.5. The summed E-state index contributed by atoms with van der Waals surface area (Å²) in [6.45, 7) is -0.255. The summed E-state index contributed by atoms with van der Waals surface area (Å²) in [5.41, 5.74) is 4.79. The van der Waals surface area contributed by atoms with Crippen LogP contribution in [0.15, 0.2) is 158 Å². The van der Waals surface area contributed by atoms with Crippen molar-refractivity contribution in [2.24, 2.45) is 0 Å². The van der Waals surface area contributed by atoms with E-state index in [2.05, 4.69) is 168 Å². The third-order valence-corrected chi connectivity index (χ3v) is 14.6. The lowest BCUT2D eigenvalue weighted by atomic mass is 9.87. The highest BCUT2D eigenvalue weighted by atomic mass is 35.5. The summed E-state index contributed by atoms with van der Waals surface area (Å²) in [5, 5.41) is 8.20. The summed E-state index contributed by atoms with van der Waals surface area (Å²) in [4.78, 5) is 3.76. The van der Waals surface area contributed by atoms with Gasteiger partial charge in [0, 0.05) is 24.6 Å². The summed E-state index contributed by atoms with van der Waals surface area (Å²) in [7, 11) is 0. The molecule has 0 aliphatic heterocycles. The molecule has 8 rings (SSSR count). The van der Waals surface area contributed by atoms with E-state index in [9.17, 15) is 0 Å². The van der Waals surface area contributed by atoms with E-state index < -0.39 is 6.89 Å². The summed E-state index contributed by atoms with van der Waals surface area (Å²) < 4.78 is 2.44. The van der Waals surface area contributed by atoms with Gasteiger partial charge < -0.3 is 9.55 Å². The number of aromatic nitrogens is 2. The molecule has 0 radical (unpaired) electrons. The number of allylic oxidation sites excluding steroid dienone is 4. The van der Waals surface area contributed by atoms with Crippen molar-refractivity contribution in [3.05, 3.63) is 189 Å². The third kappa shape index (κ3) is 4.95. The molecule has 6 aromatic rings. The molecule has 0 saturated carbocycles. The Morgan fingerprint density at radius 3 is 2.21 bits per heavy atom. The first-order valence-corrected chi connectivity index (χ1v) is 18.4. The van der Waals surface area contributed by atoms with E-state index in [1.807, 2.05) is 12.1 Å². The number of imidazole rings is 1. The van der Waals surface area contributed by atoms with Gasteiger partial charge in [-0.15, -0.1) is 0 Å². The molecule has 2 aliphatic carbocycles. The zero-order valence-electron chi connectivity index (χ0n) is 25.9. The van der Waals surface area contributed by atoms with E-state index in [0.717, 1.165) is 16.9 Å². The first-order valence-electron chi connectivity index (χ1n) is 15.8. The van der Waals surface area contributed by atoms with Gasteiger partial charge in [0.25, 0.3) is 0 Å². The summed E-state index contributed by atoms with van der Waals surface area (Å²) in [6, 6.07) is 42.8. The van der Waals surface area contributed by atoms with Gasteiger partial charge in [0.05, 0.1) is 15.6 Å². The topological polar surface area (TPSA) is 20.7 Å². The lowest BCUT2D eigenvalue weighted by molar-refractivity contribution is 0.401. The normalized spacial score (nSPS) is 17.2. The second kappa shape index (κ2) is 12.0. The fraction of sp³-hybridized carbons (Fsp3) is 0.0714. The van der Waals surface area contributed by atoms with E-state index in [1.54, 1.807) is 0 Å². The predicted octanol–water partition coefficient (Wildman–Crippen LogP) is 8.54. The number of benzene rings is 5. The molecule has 1 unspecified atom stereocenters. The van der Waals surface area contributed by atoms with E-state index >= 15 is 0 Å². The molecule has 2 nitrogen and oxygen atoms in total. The molecule has 47 heavy (non-hydrogen) atoms. The first-order chi connectivity index (χ1) is 23.0. The van der Waals surface area contributed by atoms with Crippen molar-refractivity contribution < 1.29 is 0 Å². The van der Waals surface area contributed by atoms with Crippen LogP contribution in [-0.2, 0) is 5.54 Å². The van der Waals surface area contributed by atoms with Crippen LogP contribution in [0.4, 0.5) is 0 Å². The van der Waals surface area contributed by atoms with Crippen molar-refractivity contribution in [2.75, 3.05) is 0 Å². The molecule has 1 heterocycles. The maximum Gasteiger partial charge on any atom is 0.118 e. The summed E-state index contributed by atoms with van der Waals surface area (Å²) in [5.74, 6) is 0. The molecular weight excluding hydrogens is 634 g/mol. The van der Waals surface area contributed by atoms with Crippen LogP contribution in [0.3, 0.4) is 0 Å². The van der Waals surface area contributed by atoms with Gasteiger partial charge in [-0.3, -0.25) is 0 Å². The molecule has 2 aliphatic rings. The van der Waals surface area contributed by atoms with Crippen molar-refractivity contribution in [3.8, 4) is 11.1 Å². The number of rotatable bonds is 5. The number of aromatic amines is 1. The Balaban J connectivity index is 1.37. The maximum absolute atomic E-state index is 7.20. The Labute approximate surface area is 285 Å². The maximum atomic E-state index is 7.20. The van der Waals surface area contributed by atoms with Crippen LogP contribution in [-0.4, -0.2) is 9.55 Å². The molecule has 0 spiro atoms. The number of H-pyrrole nitrogens is 1. The lowest BCUT2D eigenvalue weighted by Crippen LogP contribution is -2.33. The van der Waals surface area contributed by atoms with E-state index in [0.29, 0.717) is 10.0 Å². The van der Waals surface area contributed by atoms with Crippen LogP contribution in [0.1, 0.15) is 18.9 Å². The second-order valence-electron chi connectivity index (χ2n) is 12.4. The van der Waals surface area contributed by atoms with Gasteiger partial charge in [-0.1, -0.05) is 163 Å². The number of hydrogen-bond donors (Lipinski definition) is 1. The smallest absolute Gasteiger partial charge is 0.118 e. The Morgan fingerprint density at radius 2 is 1.45 bits per heavy atom. The Morgan fingerprint density at radius 1 is 0.766 bits per heavy atom.